The number of hydrogen-bond donors (Lipinski definition) is 0. The number of nitrogens with zero attached hydrogens (tertiary/aromatic N) is 3. The number of hydrogen-bond acceptors (Lipinski definition) is 6. The number of rotatable bonds is 10. The first-order valence-electron chi connectivity index (χ1n) is 14.4. The fourth-order valence-electron chi connectivity index (χ4n) is 4.92. The molecule has 5 rings (SSSR count). The smallest absolute Gasteiger partial charge is 0.282 e. The van der Waals surface area contributed by atoms with Gasteiger partial charge in [-0.05, 0) is 94.9 Å². The number of ether oxygens (including phenoxy) is 3. The van der Waals surface area contributed by atoms with Crippen molar-refractivity contribution in [3.05, 3.63) is 113 Å². The molecule has 0 amide bonds. The van der Waals surface area contributed by atoms with E-state index >= 15 is 0 Å². The third-order valence-corrected chi connectivity index (χ3v) is 9.23. The minimum atomic E-state index is -0.296. The van der Waals surface area contributed by atoms with E-state index < -0.39 is 0 Å². The number of methoxy groups -OCH3 is 1. The van der Waals surface area contributed by atoms with Crippen molar-refractivity contribution in [2.75, 3.05) is 13.7 Å². The molecule has 0 fully saturated rings. The molecule has 7 nitrogen and oxygen atoms in total. The number of aryl methyl sites for hydroxylation is 1. The summed E-state index contributed by atoms with van der Waals surface area (Å²) in [5.41, 5.74) is 4.56. The molecule has 0 aliphatic carbocycles. The van der Waals surface area contributed by atoms with E-state index in [-0.39, 0.29) is 11.5 Å². The largest absolute Gasteiger partial charge is 0.494 e. The summed E-state index contributed by atoms with van der Waals surface area (Å²) in [6.45, 7) is 9.01. The summed E-state index contributed by atoms with van der Waals surface area (Å²) < 4.78 is 20.5. The molecule has 1 heterocycles. The van der Waals surface area contributed by atoms with E-state index in [9.17, 15) is 4.79 Å². The van der Waals surface area contributed by atoms with Crippen molar-refractivity contribution in [2.24, 2.45) is 5.10 Å². The van der Waals surface area contributed by atoms with Crippen molar-refractivity contribution >= 4 is 60.6 Å². The normalized spacial score (nSPS) is 11.5. The maximum Gasteiger partial charge on any atom is 0.282 e. The van der Waals surface area contributed by atoms with Gasteiger partial charge in [-0.1, -0.05) is 65.6 Å². The standard InChI is InChI=1S/C35H32Br2ClN3O4/c1-6-44-29-15-21(4)27(17-26(29)20(2)3)34-40-28-10-8-7-9-25(28)35(42)41(34)39-18-23-16-30(43-5)33(32(38)31(23)37)45-19-22-11-13-24(36)14-12-22/h7-18,20H,6,19H2,1-5H3. The molecule has 0 spiro atoms. The summed E-state index contributed by atoms with van der Waals surface area (Å²) in [5, 5.41) is 5.46. The van der Waals surface area contributed by atoms with Crippen LogP contribution >= 0.6 is 43.5 Å². The fourth-order valence-corrected chi connectivity index (χ4v) is 5.83. The summed E-state index contributed by atoms with van der Waals surface area (Å²) in [5.74, 6) is 2.24. The van der Waals surface area contributed by atoms with Gasteiger partial charge < -0.3 is 14.2 Å². The maximum atomic E-state index is 13.9. The zero-order valence-corrected chi connectivity index (χ0v) is 29.5. The summed E-state index contributed by atoms with van der Waals surface area (Å²) in [6.07, 6.45) is 1.56. The van der Waals surface area contributed by atoms with Crippen molar-refractivity contribution in [1.29, 1.82) is 0 Å². The average molecular weight is 754 g/mol. The van der Waals surface area contributed by atoms with Crippen LogP contribution in [-0.4, -0.2) is 29.6 Å². The van der Waals surface area contributed by atoms with Crippen LogP contribution in [-0.2, 0) is 6.61 Å². The minimum Gasteiger partial charge on any atom is -0.494 e. The molecule has 0 atom stereocenters. The number of para-hydroxylation sites is 1. The van der Waals surface area contributed by atoms with E-state index in [4.69, 9.17) is 30.8 Å². The van der Waals surface area contributed by atoms with Gasteiger partial charge in [0.25, 0.3) is 5.56 Å². The quantitative estimate of drug-likeness (QED) is 0.133. The Balaban J connectivity index is 1.62. The van der Waals surface area contributed by atoms with Gasteiger partial charge in [0.05, 0.1) is 30.8 Å². The van der Waals surface area contributed by atoms with Crippen molar-refractivity contribution in [2.45, 2.75) is 40.2 Å². The van der Waals surface area contributed by atoms with Gasteiger partial charge >= 0.3 is 0 Å². The van der Waals surface area contributed by atoms with Crippen LogP contribution in [0, 0.1) is 6.92 Å². The van der Waals surface area contributed by atoms with E-state index in [2.05, 4.69) is 50.8 Å². The van der Waals surface area contributed by atoms with Crippen LogP contribution in [0.1, 0.15) is 48.9 Å². The SMILES string of the molecule is CCOc1cc(C)c(-c2nc3ccccc3c(=O)n2N=Cc2cc(OC)c(OCc3ccc(Br)cc3)c(Cl)c2Br)cc1C(C)C. The lowest BCUT2D eigenvalue weighted by atomic mass is 9.96. The molecule has 1 aromatic heterocycles. The number of fused-ring (bicyclic) bond motifs is 1. The van der Waals surface area contributed by atoms with E-state index in [1.54, 1.807) is 25.5 Å². The molecule has 0 saturated carbocycles. The van der Waals surface area contributed by atoms with E-state index in [1.807, 2.05) is 68.4 Å². The van der Waals surface area contributed by atoms with Crippen molar-refractivity contribution < 1.29 is 14.2 Å². The molecule has 4 aromatic carbocycles. The molecule has 0 aliphatic heterocycles. The molecular weight excluding hydrogens is 722 g/mol. The van der Waals surface area contributed by atoms with Gasteiger partial charge in [0.1, 0.15) is 17.4 Å². The van der Waals surface area contributed by atoms with Crippen LogP contribution in [0.3, 0.4) is 0 Å². The summed E-state index contributed by atoms with van der Waals surface area (Å²) in [6, 6.07) is 20.9. The highest BCUT2D eigenvalue weighted by atomic mass is 79.9. The molecule has 0 radical (unpaired) electrons. The molecule has 45 heavy (non-hydrogen) atoms. The molecule has 232 valence electrons. The lowest BCUT2D eigenvalue weighted by Crippen LogP contribution is -2.21. The molecule has 5 aromatic rings. The lowest BCUT2D eigenvalue weighted by Gasteiger charge is -2.18. The van der Waals surface area contributed by atoms with Gasteiger partial charge in [-0.25, -0.2) is 4.98 Å². The third kappa shape index (κ3) is 6.95. The second kappa shape index (κ2) is 14.2. The highest BCUT2D eigenvalue weighted by molar-refractivity contribution is 9.10. The van der Waals surface area contributed by atoms with E-state index in [1.165, 1.54) is 4.68 Å². The number of halogens is 3. The zero-order chi connectivity index (χ0) is 32.2. The van der Waals surface area contributed by atoms with Crippen LogP contribution in [0.15, 0.2) is 85.6 Å². The van der Waals surface area contributed by atoms with Gasteiger partial charge in [-0.15, -0.1) is 0 Å². The van der Waals surface area contributed by atoms with Gasteiger partial charge in [0.15, 0.2) is 17.3 Å². The monoisotopic (exact) mass is 751 g/mol. The van der Waals surface area contributed by atoms with E-state index in [0.29, 0.717) is 56.5 Å². The lowest BCUT2D eigenvalue weighted by molar-refractivity contribution is 0.284. The van der Waals surface area contributed by atoms with Crippen LogP contribution in [0.5, 0.6) is 17.2 Å². The molecule has 0 aliphatic rings. The Hall–Kier alpha value is -3.66. The highest BCUT2D eigenvalue weighted by Gasteiger charge is 2.20. The predicted molar refractivity (Wildman–Crippen MR) is 189 cm³/mol. The Labute approximate surface area is 284 Å². The number of aromatic nitrogens is 2. The summed E-state index contributed by atoms with van der Waals surface area (Å²) in [4.78, 5) is 18.8. The Kier molecular flexibility index (Phi) is 10.3. The Morgan fingerprint density at radius 2 is 1.76 bits per heavy atom. The highest BCUT2D eigenvalue weighted by Crippen LogP contribution is 2.42. The maximum absolute atomic E-state index is 13.9. The van der Waals surface area contributed by atoms with E-state index in [0.717, 1.165) is 32.5 Å². The summed E-state index contributed by atoms with van der Waals surface area (Å²) >= 11 is 13.8. The molecule has 0 saturated heterocycles. The van der Waals surface area contributed by atoms with Crippen LogP contribution < -0.4 is 19.8 Å². The van der Waals surface area contributed by atoms with Crippen LogP contribution in [0.25, 0.3) is 22.3 Å². The molecule has 0 unspecified atom stereocenters. The van der Waals surface area contributed by atoms with Gasteiger partial charge in [0, 0.05) is 20.1 Å². The topological polar surface area (TPSA) is 74.9 Å². The van der Waals surface area contributed by atoms with Gasteiger partial charge in [-0.3, -0.25) is 4.79 Å². The Morgan fingerprint density at radius 1 is 1.02 bits per heavy atom. The first-order chi connectivity index (χ1) is 21.6. The first-order valence-corrected chi connectivity index (χ1v) is 16.4. The second-order valence-electron chi connectivity index (χ2n) is 10.6. The molecule has 0 N–H and O–H groups in total. The van der Waals surface area contributed by atoms with Gasteiger partial charge in [-0.2, -0.15) is 9.78 Å². The fraction of sp³-hybridized carbons (Fsp3) is 0.229. The number of benzene rings is 4. The Bertz CT molecular complexity index is 1960. The van der Waals surface area contributed by atoms with Crippen LogP contribution in [0.4, 0.5) is 0 Å². The Morgan fingerprint density at radius 3 is 2.44 bits per heavy atom. The van der Waals surface area contributed by atoms with Crippen LogP contribution in [0.2, 0.25) is 5.02 Å². The average Bonchev–Trinajstić information content (AvgIpc) is 3.02. The first kappa shape index (κ1) is 32.7. The third-order valence-electron chi connectivity index (χ3n) is 7.26. The molecule has 0 bridgehead atoms. The minimum absolute atomic E-state index is 0.185. The van der Waals surface area contributed by atoms with Crippen molar-refractivity contribution in [3.8, 4) is 28.6 Å². The zero-order valence-electron chi connectivity index (χ0n) is 25.5. The predicted octanol–water partition coefficient (Wildman–Crippen LogP) is 9.54. The van der Waals surface area contributed by atoms with Crippen molar-refractivity contribution in [3.63, 3.8) is 0 Å². The molecular formula is C35H32Br2ClN3O4. The van der Waals surface area contributed by atoms with Gasteiger partial charge in [0.2, 0.25) is 0 Å². The second-order valence-corrected chi connectivity index (χ2v) is 12.7. The summed E-state index contributed by atoms with van der Waals surface area (Å²) in [7, 11) is 1.55. The molecule has 10 heteroatoms. The van der Waals surface area contributed by atoms with Crippen molar-refractivity contribution in [1.82, 2.24) is 9.66 Å².